The number of hydrogen-bond acceptors (Lipinski definition) is 6. The highest BCUT2D eigenvalue weighted by molar-refractivity contribution is 5.82. The van der Waals surface area contributed by atoms with E-state index >= 15 is 0 Å². The van der Waals surface area contributed by atoms with Gasteiger partial charge in [0.1, 0.15) is 6.33 Å². The van der Waals surface area contributed by atoms with Crippen molar-refractivity contribution in [2.45, 2.75) is 20.8 Å². The van der Waals surface area contributed by atoms with E-state index in [1.165, 1.54) is 6.33 Å². The Morgan fingerprint density at radius 1 is 1.29 bits per heavy atom. The first-order valence-corrected chi connectivity index (χ1v) is 7.20. The molecule has 0 bridgehead atoms. The van der Waals surface area contributed by atoms with Crippen molar-refractivity contribution >= 4 is 17.5 Å². The number of nitrogens with one attached hydrogen (secondary N) is 1. The van der Waals surface area contributed by atoms with E-state index in [1.807, 2.05) is 27.8 Å². The van der Waals surface area contributed by atoms with Crippen LogP contribution < -0.4 is 15.0 Å². The Morgan fingerprint density at radius 3 is 2.48 bits per heavy atom. The van der Waals surface area contributed by atoms with Gasteiger partial charge in [-0.3, -0.25) is 4.79 Å². The number of aromatic nitrogens is 2. The number of anilines is 2. The van der Waals surface area contributed by atoms with Crippen molar-refractivity contribution in [1.82, 2.24) is 14.9 Å². The molecular weight excluding hydrogens is 270 g/mol. The predicted molar refractivity (Wildman–Crippen MR) is 83.9 cm³/mol. The van der Waals surface area contributed by atoms with Crippen LogP contribution in [0.1, 0.15) is 20.8 Å². The zero-order chi connectivity index (χ0) is 15.8. The summed E-state index contributed by atoms with van der Waals surface area (Å²) >= 11 is 0. The number of rotatable bonds is 8. The lowest BCUT2D eigenvalue weighted by molar-refractivity contribution is -0.129. The monoisotopic (exact) mass is 295 g/mol. The summed E-state index contributed by atoms with van der Waals surface area (Å²) in [6, 6.07) is 0. The van der Waals surface area contributed by atoms with Crippen LogP contribution in [0.2, 0.25) is 0 Å². The molecule has 0 aromatic carbocycles. The van der Waals surface area contributed by atoms with Crippen molar-refractivity contribution in [1.29, 1.82) is 0 Å². The van der Waals surface area contributed by atoms with Gasteiger partial charge in [-0.2, -0.15) is 0 Å². The zero-order valence-electron chi connectivity index (χ0n) is 13.5. The number of methoxy groups -OCH3 is 1. The van der Waals surface area contributed by atoms with Crippen molar-refractivity contribution in [3.8, 4) is 5.75 Å². The van der Waals surface area contributed by atoms with Crippen LogP contribution in [0.4, 0.5) is 11.6 Å². The van der Waals surface area contributed by atoms with Crippen LogP contribution in [0, 0.1) is 0 Å². The number of carbonyl (C=O) groups excluding carboxylic acids is 1. The molecule has 0 fully saturated rings. The fourth-order valence-electron chi connectivity index (χ4n) is 2.07. The second-order valence-electron chi connectivity index (χ2n) is 4.53. The summed E-state index contributed by atoms with van der Waals surface area (Å²) in [5, 5.41) is 3.12. The number of likely N-dealkylation sites (N-methyl/N-ethyl adjacent to an activating group) is 2. The molecule has 0 saturated carbocycles. The summed E-state index contributed by atoms with van der Waals surface area (Å²) in [6.07, 6.45) is 1.47. The summed E-state index contributed by atoms with van der Waals surface area (Å²) in [4.78, 5) is 24.1. The van der Waals surface area contributed by atoms with E-state index < -0.39 is 0 Å². The van der Waals surface area contributed by atoms with E-state index in [2.05, 4.69) is 15.3 Å². The number of amides is 1. The molecule has 0 aliphatic carbocycles. The molecule has 0 radical (unpaired) electrons. The molecule has 0 aliphatic rings. The van der Waals surface area contributed by atoms with Gasteiger partial charge in [0, 0.05) is 26.7 Å². The van der Waals surface area contributed by atoms with Gasteiger partial charge in [-0.15, -0.1) is 0 Å². The maximum Gasteiger partial charge on any atom is 0.242 e. The van der Waals surface area contributed by atoms with Gasteiger partial charge >= 0.3 is 0 Å². The molecule has 1 rings (SSSR count). The average molecular weight is 295 g/mol. The van der Waals surface area contributed by atoms with E-state index in [1.54, 1.807) is 16.9 Å². The maximum atomic E-state index is 12.2. The predicted octanol–water partition coefficient (Wildman–Crippen LogP) is 1.22. The van der Waals surface area contributed by atoms with Crippen LogP contribution in [0.5, 0.6) is 5.75 Å². The first-order chi connectivity index (χ1) is 10.1. The van der Waals surface area contributed by atoms with E-state index in [-0.39, 0.29) is 12.5 Å². The molecule has 0 aliphatic heterocycles. The van der Waals surface area contributed by atoms with Gasteiger partial charge < -0.3 is 19.9 Å². The molecule has 1 heterocycles. The van der Waals surface area contributed by atoms with Crippen molar-refractivity contribution in [2.75, 3.05) is 50.6 Å². The fraction of sp³-hybridized carbons (Fsp3) is 0.643. The van der Waals surface area contributed by atoms with E-state index in [0.717, 1.165) is 6.54 Å². The minimum absolute atomic E-state index is 0.0631. The van der Waals surface area contributed by atoms with Gasteiger partial charge in [-0.05, 0) is 20.8 Å². The van der Waals surface area contributed by atoms with Crippen molar-refractivity contribution in [2.24, 2.45) is 0 Å². The summed E-state index contributed by atoms with van der Waals surface area (Å²) in [6.45, 7) is 8.30. The summed E-state index contributed by atoms with van der Waals surface area (Å²) < 4.78 is 5.39. The Balaban J connectivity index is 2.94. The lowest BCUT2D eigenvalue weighted by Crippen LogP contribution is -2.39. The van der Waals surface area contributed by atoms with Crippen LogP contribution in [0.15, 0.2) is 6.33 Å². The van der Waals surface area contributed by atoms with Crippen LogP contribution in [-0.2, 0) is 4.79 Å². The second kappa shape index (κ2) is 8.28. The van der Waals surface area contributed by atoms with E-state index in [9.17, 15) is 4.79 Å². The van der Waals surface area contributed by atoms with E-state index in [0.29, 0.717) is 30.5 Å². The molecule has 1 N–H and O–H groups in total. The molecule has 21 heavy (non-hydrogen) atoms. The molecule has 1 amide bonds. The molecule has 0 saturated heterocycles. The summed E-state index contributed by atoms with van der Waals surface area (Å²) in [7, 11) is 3.39. The van der Waals surface area contributed by atoms with Gasteiger partial charge in [0.2, 0.25) is 11.7 Å². The van der Waals surface area contributed by atoms with Crippen LogP contribution >= 0.6 is 0 Å². The molecule has 7 heteroatoms. The Bertz CT molecular complexity index is 463. The third-order valence-electron chi connectivity index (χ3n) is 3.18. The molecule has 0 atom stereocenters. The smallest absolute Gasteiger partial charge is 0.242 e. The Kier molecular flexibility index (Phi) is 6.71. The van der Waals surface area contributed by atoms with Crippen molar-refractivity contribution in [3.63, 3.8) is 0 Å². The largest absolute Gasteiger partial charge is 0.490 e. The lowest BCUT2D eigenvalue weighted by Gasteiger charge is -2.25. The lowest BCUT2D eigenvalue weighted by atomic mass is 10.3. The van der Waals surface area contributed by atoms with Crippen LogP contribution in [0.25, 0.3) is 0 Å². The zero-order valence-corrected chi connectivity index (χ0v) is 13.5. The first-order valence-electron chi connectivity index (χ1n) is 7.20. The second-order valence-corrected chi connectivity index (χ2v) is 4.53. The molecule has 0 unspecified atom stereocenters. The average Bonchev–Trinajstić information content (AvgIpc) is 2.48. The van der Waals surface area contributed by atoms with Gasteiger partial charge in [0.25, 0.3) is 0 Å². The number of nitrogens with zero attached hydrogens (tertiary/aromatic N) is 4. The molecule has 0 spiro atoms. The highest BCUT2D eigenvalue weighted by Crippen LogP contribution is 2.30. The topological polar surface area (TPSA) is 70.6 Å². The Morgan fingerprint density at radius 2 is 1.95 bits per heavy atom. The molecule has 7 nitrogen and oxygen atoms in total. The van der Waals surface area contributed by atoms with Crippen molar-refractivity contribution < 1.29 is 9.53 Å². The summed E-state index contributed by atoms with van der Waals surface area (Å²) in [5.41, 5.74) is 0. The SMILES string of the molecule is CCNc1ncnc(N(C)CC(=O)N(CC)CC)c1OC. The fourth-order valence-corrected chi connectivity index (χ4v) is 2.07. The number of hydrogen-bond donors (Lipinski definition) is 1. The van der Waals surface area contributed by atoms with Crippen molar-refractivity contribution in [3.05, 3.63) is 6.33 Å². The van der Waals surface area contributed by atoms with E-state index in [4.69, 9.17) is 4.74 Å². The van der Waals surface area contributed by atoms with Gasteiger partial charge in [-0.25, -0.2) is 9.97 Å². The van der Waals surface area contributed by atoms with Crippen LogP contribution in [0.3, 0.4) is 0 Å². The molecule has 118 valence electrons. The molecule has 1 aromatic heterocycles. The third-order valence-corrected chi connectivity index (χ3v) is 3.18. The third kappa shape index (κ3) is 4.21. The highest BCUT2D eigenvalue weighted by Gasteiger charge is 2.19. The van der Waals surface area contributed by atoms with Gasteiger partial charge in [-0.1, -0.05) is 0 Å². The van der Waals surface area contributed by atoms with Gasteiger partial charge in [0.05, 0.1) is 13.7 Å². The number of ether oxygens (including phenoxy) is 1. The van der Waals surface area contributed by atoms with Gasteiger partial charge in [0.15, 0.2) is 11.6 Å². The standard InChI is InChI=1S/C14H25N5O2/c1-6-15-13-12(21-5)14(17-10-16-13)18(4)9-11(20)19(7-2)8-3/h10H,6-9H2,1-5H3,(H,15,16,17). The van der Waals surface area contributed by atoms with Crippen LogP contribution in [-0.4, -0.2) is 61.1 Å². The number of carbonyl (C=O) groups is 1. The minimum Gasteiger partial charge on any atom is -0.490 e. The normalized spacial score (nSPS) is 10.1. The molecule has 1 aromatic rings. The summed E-state index contributed by atoms with van der Waals surface area (Å²) in [5.74, 6) is 1.85. The Hall–Kier alpha value is -2.05. The quantitative estimate of drug-likeness (QED) is 0.777. The minimum atomic E-state index is 0.0631. The first kappa shape index (κ1) is 17.0. The Labute approximate surface area is 126 Å². The molecular formula is C14H25N5O2. The highest BCUT2D eigenvalue weighted by atomic mass is 16.5. The maximum absolute atomic E-state index is 12.2.